The lowest BCUT2D eigenvalue weighted by Gasteiger charge is -2.07. The van der Waals surface area contributed by atoms with Crippen LogP contribution in [-0.2, 0) is 0 Å². The Labute approximate surface area is 122 Å². The van der Waals surface area contributed by atoms with E-state index in [1.54, 1.807) is 12.3 Å². The molecule has 0 saturated heterocycles. The van der Waals surface area contributed by atoms with E-state index in [1.165, 1.54) is 25.7 Å². The average molecular weight is 277 g/mol. The van der Waals surface area contributed by atoms with E-state index in [-0.39, 0.29) is 5.91 Å². The van der Waals surface area contributed by atoms with Crippen LogP contribution in [-0.4, -0.2) is 24.5 Å². The zero-order valence-corrected chi connectivity index (χ0v) is 12.9. The minimum absolute atomic E-state index is 0.0933. The lowest BCUT2D eigenvalue weighted by molar-refractivity contribution is 0.0948. The second-order valence-corrected chi connectivity index (χ2v) is 5.53. The largest absolute Gasteiger partial charge is 0.388 e. The van der Waals surface area contributed by atoms with Gasteiger partial charge in [-0.3, -0.25) is 9.78 Å². The lowest BCUT2D eigenvalue weighted by Crippen LogP contribution is -2.25. The van der Waals surface area contributed by atoms with Crippen LogP contribution in [0.3, 0.4) is 0 Å². The second kappa shape index (κ2) is 9.34. The maximum Gasteiger partial charge on any atom is 0.269 e. The zero-order chi connectivity index (χ0) is 14.8. The normalized spacial score (nSPS) is 10.6. The molecule has 4 heteroatoms. The first kappa shape index (κ1) is 16.5. The monoisotopic (exact) mass is 277 g/mol. The van der Waals surface area contributed by atoms with E-state index in [2.05, 4.69) is 29.5 Å². The summed E-state index contributed by atoms with van der Waals surface area (Å²) in [5.41, 5.74) is 1.37. The van der Waals surface area contributed by atoms with Crippen LogP contribution in [0, 0.1) is 5.92 Å². The molecule has 0 bridgehead atoms. The Morgan fingerprint density at radius 3 is 2.70 bits per heavy atom. The molecule has 1 aromatic rings. The van der Waals surface area contributed by atoms with E-state index in [1.807, 2.05) is 13.1 Å². The summed E-state index contributed by atoms with van der Waals surface area (Å²) in [6.07, 6.45) is 7.70. The number of aromatic nitrogens is 1. The number of anilines is 1. The van der Waals surface area contributed by atoms with Gasteiger partial charge in [0.05, 0.1) is 0 Å². The Balaban J connectivity index is 2.16. The molecular formula is C16H27N3O. The standard InChI is InChI=1S/C16H27N3O/c1-13(2)8-6-4-5-7-10-19-16(20)15-12-14(17-3)9-11-18-15/h9,11-13H,4-8,10H2,1-3H3,(H,17,18)(H,19,20). The van der Waals surface area contributed by atoms with Gasteiger partial charge in [-0.05, 0) is 24.5 Å². The molecule has 112 valence electrons. The van der Waals surface area contributed by atoms with Crippen LogP contribution >= 0.6 is 0 Å². The predicted octanol–water partition coefficient (Wildman–Crippen LogP) is 3.46. The fraction of sp³-hybridized carbons (Fsp3) is 0.625. The van der Waals surface area contributed by atoms with Crippen LogP contribution in [0.15, 0.2) is 18.3 Å². The lowest BCUT2D eigenvalue weighted by atomic mass is 10.0. The number of amides is 1. The fourth-order valence-corrected chi connectivity index (χ4v) is 2.03. The first-order valence-electron chi connectivity index (χ1n) is 7.55. The molecule has 0 unspecified atom stereocenters. The maximum absolute atomic E-state index is 11.9. The van der Waals surface area contributed by atoms with Gasteiger partial charge < -0.3 is 10.6 Å². The first-order chi connectivity index (χ1) is 9.63. The molecule has 0 aliphatic rings. The highest BCUT2D eigenvalue weighted by Gasteiger charge is 2.06. The Morgan fingerprint density at radius 2 is 2.00 bits per heavy atom. The molecule has 4 nitrogen and oxygen atoms in total. The summed E-state index contributed by atoms with van der Waals surface area (Å²) in [4.78, 5) is 16.0. The Bertz CT molecular complexity index is 404. The summed E-state index contributed by atoms with van der Waals surface area (Å²) in [5, 5.41) is 5.92. The molecule has 20 heavy (non-hydrogen) atoms. The van der Waals surface area contributed by atoms with Crippen LogP contribution in [0.5, 0.6) is 0 Å². The highest BCUT2D eigenvalue weighted by Crippen LogP contribution is 2.09. The van der Waals surface area contributed by atoms with Crippen molar-refractivity contribution in [1.29, 1.82) is 0 Å². The third-order valence-electron chi connectivity index (χ3n) is 3.28. The van der Waals surface area contributed by atoms with Crippen molar-refractivity contribution in [2.75, 3.05) is 18.9 Å². The maximum atomic E-state index is 11.9. The van der Waals surface area contributed by atoms with Gasteiger partial charge in [0.1, 0.15) is 5.69 Å². The van der Waals surface area contributed by atoms with Gasteiger partial charge in [-0.2, -0.15) is 0 Å². The molecular weight excluding hydrogens is 250 g/mol. The van der Waals surface area contributed by atoms with Gasteiger partial charge in [0.25, 0.3) is 5.91 Å². The summed E-state index contributed by atoms with van der Waals surface area (Å²) in [5.74, 6) is 0.699. The molecule has 0 aromatic carbocycles. The van der Waals surface area contributed by atoms with Crippen LogP contribution in [0.25, 0.3) is 0 Å². The van der Waals surface area contributed by atoms with Crippen LogP contribution < -0.4 is 10.6 Å². The highest BCUT2D eigenvalue weighted by atomic mass is 16.1. The molecule has 0 saturated carbocycles. The van der Waals surface area contributed by atoms with E-state index < -0.39 is 0 Å². The van der Waals surface area contributed by atoms with Crippen molar-refractivity contribution in [2.24, 2.45) is 5.92 Å². The van der Waals surface area contributed by atoms with Crippen LogP contribution in [0.4, 0.5) is 5.69 Å². The number of carbonyl (C=O) groups is 1. The quantitative estimate of drug-likeness (QED) is 0.680. The van der Waals surface area contributed by atoms with Crippen molar-refractivity contribution in [1.82, 2.24) is 10.3 Å². The topological polar surface area (TPSA) is 54.0 Å². The van der Waals surface area contributed by atoms with Crippen molar-refractivity contribution < 1.29 is 4.79 Å². The molecule has 0 spiro atoms. The van der Waals surface area contributed by atoms with E-state index in [0.717, 1.165) is 24.6 Å². The highest BCUT2D eigenvalue weighted by molar-refractivity contribution is 5.93. The molecule has 0 aliphatic heterocycles. The van der Waals surface area contributed by atoms with Gasteiger partial charge in [-0.25, -0.2) is 0 Å². The van der Waals surface area contributed by atoms with Crippen molar-refractivity contribution in [3.63, 3.8) is 0 Å². The number of hydrogen-bond donors (Lipinski definition) is 2. The van der Waals surface area contributed by atoms with Gasteiger partial charge in [-0.1, -0.05) is 39.5 Å². The minimum Gasteiger partial charge on any atom is -0.388 e. The van der Waals surface area contributed by atoms with Crippen molar-refractivity contribution >= 4 is 11.6 Å². The smallest absolute Gasteiger partial charge is 0.269 e. The molecule has 1 amide bonds. The van der Waals surface area contributed by atoms with E-state index >= 15 is 0 Å². The summed E-state index contributed by atoms with van der Waals surface area (Å²) in [6.45, 7) is 5.24. The number of nitrogens with one attached hydrogen (secondary N) is 2. The molecule has 1 rings (SSSR count). The summed E-state index contributed by atoms with van der Waals surface area (Å²) in [6, 6.07) is 3.60. The average Bonchev–Trinajstić information content (AvgIpc) is 2.45. The molecule has 0 aliphatic carbocycles. The van der Waals surface area contributed by atoms with Gasteiger partial charge in [-0.15, -0.1) is 0 Å². The summed E-state index contributed by atoms with van der Waals surface area (Å²) in [7, 11) is 1.83. The molecule has 0 atom stereocenters. The third kappa shape index (κ3) is 6.55. The number of carbonyl (C=O) groups excluding carboxylic acids is 1. The number of pyridine rings is 1. The second-order valence-electron chi connectivity index (χ2n) is 5.53. The predicted molar refractivity (Wildman–Crippen MR) is 84.0 cm³/mol. The van der Waals surface area contributed by atoms with Crippen molar-refractivity contribution in [2.45, 2.75) is 46.0 Å². The third-order valence-corrected chi connectivity index (χ3v) is 3.28. The minimum atomic E-state index is -0.0933. The van der Waals surface area contributed by atoms with Crippen molar-refractivity contribution in [3.8, 4) is 0 Å². The van der Waals surface area contributed by atoms with Gasteiger partial charge in [0.2, 0.25) is 0 Å². The fourth-order valence-electron chi connectivity index (χ4n) is 2.03. The first-order valence-corrected chi connectivity index (χ1v) is 7.55. The summed E-state index contributed by atoms with van der Waals surface area (Å²) >= 11 is 0. The molecule has 0 radical (unpaired) electrons. The number of nitrogens with zero attached hydrogens (tertiary/aromatic N) is 1. The summed E-state index contributed by atoms with van der Waals surface area (Å²) < 4.78 is 0. The number of rotatable bonds is 9. The molecule has 1 heterocycles. The van der Waals surface area contributed by atoms with Gasteiger partial charge >= 0.3 is 0 Å². The van der Waals surface area contributed by atoms with Gasteiger partial charge in [0, 0.05) is 25.5 Å². The Morgan fingerprint density at radius 1 is 1.25 bits per heavy atom. The Hall–Kier alpha value is -1.58. The number of unbranched alkanes of at least 4 members (excludes halogenated alkanes) is 3. The van der Waals surface area contributed by atoms with Crippen LogP contribution in [0.2, 0.25) is 0 Å². The van der Waals surface area contributed by atoms with E-state index in [9.17, 15) is 4.79 Å². The molecule has 2 N–H and O–H groups in total. The zero-order valence-electron chi connectivity index (χ0n) is 12.9. The molecule has 1 aromatic heterocycles. The Kier molecular flexibility index (Phi) is 7.70. The SMILES string of the molecule is CNc1ccnc(C(=O)NCCCCCCC(C)C)c1. The van der Waals surface area contributed by atoms with Crippen molar-refractivity contribution in [3.05, 3.63) is 24.0 Å². The van der Waals surface area contributed by atoms with E-state index in [4.69, 9.17) is 0 Å². The molecule has 0 fully saturated rings. The van der Waals surface area contributed by atoms with E-state index in [0.29, 0.717) is 5.69 Å². The van der Waals surface area contributed by atoms with Crippen LogP contribution in [0.1, 0.15) is 56.4 Å². The van der Waals surface area contributed by atoms with Gasteiger partial charge in [0.15, 0.2) is 0 Å². The number of hydrogen-bond acceptors (Lipinski definition) is 3.